The Labute approximate surface area is 258 Å². The van der Waals surface area contributed by atoms with Gasteiger partial charge in [-0.3, -0.25) is 0 Å². The summed E-state index contributed by atoms with van der Waals surface area (Å²) in [5.74, 6) is 5.42. The van der Waals surface area contributed by atoms with Gasteiger partial charge in [-0.1, -0.05) is 74.9 Å². The molecule has 2 heterocycles. The molecule has 0 atom stereocenters. The molecule has 0 spiro atoms. The van der Waals surface area contributed by atoms with E-state index in [-0.39, 0.29) is 11.8 Å². The lowest BCUT2D eigenvalue weighted by Crippen LogP contribution is -2.22. The molecule has 2 aliphatic heterocycles. The summed E-state index contributed by atoms with van der Waals surface area (Å²) >= 11 is 0. The van der Waals surface area contributed by atoms with Crippen LogP contribution in [0.1, 0.15) is 34.1 Å². The molecule has 6 rings (SSSR count). The largest absolute Gasteiger partial charge is 0.489 e. The highest BCUT2D eigenvalue weighted by atomic mass is 16.5. The number of fused-ring (bicyclic) bond motifs is 4. The first-order chi connectivity index (χ1) is 21.6. The predicted molar refractivity (Wildman–Crippen MR) is 172 cm³/mol. The Kier molecular flexibility index (Phi) is 8.41. The van der Waals surface area contributed by atoms with Crippen LogP contribution in [0, 0.1) is 0 Å². The summed E-state index contributed by atoms with van der Waals surface area (Å²) in [6.07, 6.45) is 6.88. The Morgan fingerprint density at radius 2 is 0.682 bits per heavy atom. The molecule has 0 unspecified atom stereocenters. The van der Waals surface area contributed by atoms with Crippen LogP contribution < -0.4 is 28.4 Å². The van der Waals surface area contributed by atoms with Gasteiger partial charge >= 0.3 is 0 Å². The van der Waals surface area contributed by atoms with E-state index in [4.69, 9.17) is 28.4 Å². The van der Waals surface area contributed by atoms with Crippen LogP contribution in [0.2, 0.25) is 0 Å². The third-order valence-electron chi connectivity index (χ3n) is 7.52. The molecule has 4 aromatic rings. The van der Waals surface area contributed by atoms with Gasteiger partial charge in [0.2, 0.25) is 0 Å². The number of ether oxygens (including phenoxy) is 6. The summed E-state index contributed by atoms with van der Waals surface area (Å²) in [6, 6.07) is 24.0. The van der Waals surface area contributed by atoms with Crippen molar-refractivity contribution in [1.29, 1.82) is 0 Å². The van der Waals surface area contributed by atoms with Crippen LogP contribution in [-0.4, -0.2) is 26.4 Å². The van der Waals surface area contributed by atoms with Crippen molar-refractivity contribution in [2.24, 2.45) is 0 Å². The molecule has 0 saturated heterocycles. The molecule has 0 amide bonds. The third-order valence-corrected chi connectivity index (χ3v) is 7.52. The van der Waals surface area contributed by atoms with Gasteiger partial charge in [0.05, 0.1) is 0 Å². The van der Waals surface area contributed by atoms with Crippen molar-refractivity contribution in [3.05, 3.63) is 146 Å². The van der Waals surface area contributed by atoms with Crippen LogP contribution in [0.25, 0.3) is 0 Å². The maximum atomic E-state index is 6.54. The van der Waals surface area contributed by atoms with Gasteiger partial charge in [0.1, 0.15) is 72.4 Å². The first-order valence-electron chi connectivity index (χ1n) is 14.5. The zero-order valence-electron chi connectivity index (χ0n) is 24.5. The summed E-state index contributed by atoms with van der Waals surface area (Å²) in [5, 5.41) is 0. The molecule has 0 saturated carbocycles. The SMILES string of the molecule is C=CCOc1ccc2c(c1)Oc1cc(OCC=C)ccc1C2C1c2ccc(OCC=C)cc2Oc2cc(OCC=C)ccc21. The van der Waals surface area contributed by atoms with Gasteiger partial charge < -0.3 is 28.4 Å². The molecule has 4 aromatic carbocycles. The third kappa shape index (κ3) is 5.66. The van der Waals surface area contributed by atoms with Crippen LogP contribution in [0.5, 0.6) is 46.0 Å². The second kappa shape index (κ2) is 12.9. The van der Waals surface area contributed by atoms with Crippen molar-refractivity contribution in [3.63, 3.8) is 0 Å². The number of hydrogen-bond donors (Lipinski definition) is 0. The van der Waals surface area contributed by atoms with Crippen LogP contribution >= 0.6 is 0 Å². The van der Waals surface area contributed by atoms with Crippen LogP contribution in [0.15, 0.2) is 123 Å². The summed E-state index contributed by atoms with van der Waals surface area (Å²) in [7, 11) is 0. The Balaban J connectivity index is 1.53. The van der Waals surface area contributed by atoms with E-state index in [2.05, 4.69) is 50.6 Å². The fraction of sp³-hybridized carbons (Fsp3) is 0.158. The highest BCUT2D eigenvalue weighted by molar-refractivity contribution is 5.65. The maximum absolute atomic E-state index is 6.54. The van der Waals surface area contributed by atoms with Crippen molar-refractivity contribution in [3.8, 4) is 46.0 Å². The van der Waals surface area contributed by atoms with Crippen molar-refractivity contribution in [1.82, 2.24) is 0 Å². The minimum Gasteiger partial charge on any atom is -0.489 e. The fourth-order valence-corrected chi connectivity index (χ4v) is 5.71. The van der Waals surface area contributed by atoms with Crippen molar-refractivity contribution < 1.29 is 28.4 Å². The van der Waals surface area contributed by atoms with Gasteiger partial charge in [0.15, 0.2) is 0 Å². The van der Waals surface area contributed by atoms with Gasteiger partial charge in [-0.15, -0.1) is 0 Å². The zero-order chi connectivity index (χ0) is 30.5. The van der Waals surface area contributed by atoms with Gasteiger partial charge in [0.25, 0.3) is 0 Å². The highest BCUT2D eigenvalue weighted by Gasteiger charge is 2.40. The molecule has 222 valence electrons. The average Bonchev–Trinajstić information content (AvgIpc) is 3.05. The Bertz CT molecular complexity index is 1470. The fourth-order valence-electron chi connectivity index (χ4n) is 5.71. The summed E-state index contributed by atoms with van der Waals surface area (Å²) in [5.41, 5.74) is 4.13. The lowest BCUT2D eigenvalue weighted by Gasteiger charge is -2.38. The van der Waals surface area contributed by atoms with E-state index in [1.807, 2.05) is 48.5 Å². The lowest BCUT2D eigenvalue weighted by molar-refractivity contribution is 0.349. The van der Waals surface area contributed by atoms with Crippen LogP contribution in [0.4, 0.5) is 0 Å². The van der Waals surface area contributed by atoms with Crippen LogP contribution in [-0.2, 0) is 0 Å². The van der Waals surface area contributed by atoms with E-state index in [0.29, 0.717) is 49.4 Å². The molecular formula is C38H34O6. The van der Waals surface area contributed by atoms with Gasteiger partial charge in [-0.2, -0.15) is 0 Å². The average molecular weight is 587 g/mol. The normalized spacial score (nSPS) is 13.0. The summed E-state index contributed by atoms with van der Waals surface area (Å²) in [4.78, 5) is 0. The standard InChI is InChI=1S/C38H34O6/c1-5-17-39-25-9-13-29-33(21-25)43-34-22-26(40-18-6-2)10-14-30(34)37(29)38-31-15-11-27(41-19-7-3)23-35(31)44-36-24-28(42-20-8-4)12-16-32(36)38/h5-16,21-24,37-38H,1-4,17-20H2. The second-order valence-electron chi connectivity index (χ2n) is 10.4. The van der Waals surface area contributed by atoms with Gasteiger partial charge in [-0.05, 0) is 24.3 Å². The monoisotopic (exact) mass is 586 g/mol. The maximum Gasteiger partial charge on any atom is 0.134 e. The molecule has 0 aliphatic carbocycles. The number of hydrogen-bond acceptors (Lipinski definition) is 6. The van der Waals surface area contributed by atoms with Crippen molar-refractivity contribution >= 4 is 0 Å². The van der Waals surface area contributed by atoms with E-state index < -0.39 is 0 Å². The van der Waals surface area contributed by atoms with Crippen molar-refractivity contribution in [2.45, 2.75) is 11.8 Å². The molecule has 44 heavy (non-hydrogen) atoms. The molecule has 2 aliphatic rings. The molecule has 0 fully saturated rings. The van der Waals surface area contributed by atoms with E-state index in [1.165, 1.54) is 0 Å². The minimum absolute atomic E-state index is 0.128. The minimum atomic E-state index is -0.128. The molecule has 6 heteroatoms. The van der Waals surface area contributed by atoms with Crippen LogP contribution in [0.3, 0.4) is 0 Å². The first-order valence-corrected chi connectivity index (χ1v) is 14.5. The van der Waals surface area contributed by atoms with Gasteiger partial charge in [0, 0.05) is 58.4 Å². The Hall–Kier alpha value is -5.36. The highest BCUT2D eigenvalue weighted by Crippen LogP contribution is 2.58. The molecule has 0 radical (unpaired) electrons. The Morgan fingerprint density at radius 3 is 0.909 bits per heavy atom. The number of rotatable bonds is 13. The first kappa shape index (κ1) is 28.7. The molecule has 0 aromatic heterocycles. The number of benzene rings is 4. The quantitative estimate of drug-likeness (QED) is 0.146. The van der Waals surface area contributed by atoms with E-state index >= 15 is 0 Å². The smallest absolute Gasteiger partial charge is 0.134 e. The molecule has 6 nitrogen and oxygen atoms in total. The molecular weight excluding hydrogens is 552 g/mol. The summed E-state index contributed by atoms with van der Waals surface area (Å²) < 4.78 is 36.6. The predicted octanol–water partition coefficient (Wildman–Crippen LogP) is 9.12. The van der Waals surface area contributed by atoms with E-state index in [9.17, 15) is 0 Å². The van der Waals surface area contributed by atoms with E-state index in [1.54, 1.807) is 24.3 Å². The van der Waals surface area contributed by atoms with E-state index in [0.717, 1.165) is 45.3 Å². The molecule has 0 N–H and O–H groups in total. The molecule has 0 bridgehead atoms. The zero-order valence-corrected chi connectivity index (χ0v) is 24.5. The van der Waals surface area contributed by atoms with Crippen molar-refractivity contribution in [2.75, 3.05) is 26.4 Å². The lowest BCUT2D eigenvalue weighted by atomic mass is 9.71. The summed E-state index contributed by atoms with van der Waals surface area (Å²) in [6.45, 7) is 16.7. The topological polar surface area (TPSA) is 55.4 Å². The van der Waals surface area contributed by atoms with Gasteiger partial charge in [-0.25, -0.2) is 0 Å². The second-order valence-corrected chi connectivity index (χ2v) is 10.4. The Morgan fingerprint density at radius 1 is 0.432 bits per heavy atom.